The largest absolute Gasteiger partial charge is 0.317 e. The summed E-state index contributed by atoms with van der Waals surface area (Å²) in [4.78, 5) is 2.45. The lowest BCUT2D eigenvalue weighted by Crippen LogP contribution is -2.33. The number of hydrogen-bond donors (Lipinski definition) is 1. The van der Waals surface area contributed by atoms with Crippen molar-refractivity contribution in [1.82, 2.24) is 10.2 Å². The molecule has 0 aromatic rings. The summed E-state index contributed by atoms with van der Waals surface area (Å²) >= 11 is 1.92. The van der Waals surface area contributed by atoms with Gasteiger partial charge in [-0.3, -0.25) is 0 Å². The molecule has 0 aliphatic carbocycles. The highest BCUT2D eigenvalue weighted by atomic mass is 32.2. The van der Waals surface area contributed by atoms with Gasteiger partial charge in [-0.25, -0.2) is 0 Å². The number of thioether (sulfide) groups is 1. The number of rotatable bonds is 9. The molecule has 2 nitrogen and oxygen atoms in total. The van der Waals surface area contributed by atoms with E-state index in [1.54, 1.807) is 0 Å². The van der Waals surface area contributed by atoms with Crippen LogP contribution in [0, 0.1) is 0 Å². The van der Waals surface area contributed by atoms with Crippen LogP contribution in [0.1, 0.15) is 26.7 Å². The fourth-order valence-electron chi connectivity index (χ4n) is 1.29. The Kier molecular flexibility index (Phi) is 10.0. The Morgan fingerprint density at radius 2 is 2.07 bits per heavy atom. The molecule has 0 spiro atoms. The fraction of sp³-hybridized carbons (Fsp3) is 1.00. The molecule has 0 aromatic heterocycles. The van der Waals surface area contributed by atoms with E-state index in [1.165, 1.54) is 25.1 Å². The quantitative estimate of drug-likeness (QED) is 0.596. The Bertz CT molecular complexity index is 120. The third kappa shape index (κ3) is 7.65. The first-order chi connectivity index (χ1) is 6.72. The molecule has 0 saturated carbocycles. The van der Waals surface area contributed by atoms with E-state index in [2.05, 4.69) is 37.4 Å². The van der Waals surface area contributed by atoms with Gasteiger partial charge in [-0.15, -0.1) is 0 Å². The van der Waals surface area contributed by atoms with Crippen molar-refractivity contribution in [3.63, 3.8) is 0 Å². The van der Waals surface area contributed by atoms with Crippen molar-refractivity contribution in [2.45, 2.75) is 32.7 Å². The van der Waals surface area contributed by atoms with Crippen LogP contribution < -0.4 is 5.32 Å². The molecular formula is C11H26N2S. The lowest BCUT2D eigenvalue weighted by molar-refractivity contribution is 0.259. The molecule has 0 radical (unpaired) electrons. The van der Waals surface area contributed by atoms with Crippen molar-refractivity contribution >= 4 is 11.8 Å². The van der Waals surface area contributed by atoms with Crippen molar-refractivity contribution in [2.75, 3.05) is 38.7 Å². The van der Waals surface area contributed by atoms with E-state index in [4.69, 9.17) is 0 Å². The Morgan fingerprint density at radius 3 is 2.64 bits per heavy atom. The van der Waals surface area contributed by atoms with Gasteiger partial charge in [0.05, 0.1) is 0 Å². The zero-order valence-electron chi connectivity index (χ0n) is 10.2. The van der Waals surface area contributed by atoms with Crippen LogP contribution in [-0.2, 0) is 0 Å². The van der Waals surface area contributed by atoms with Crippen LogP contribution in [0.25, 0.3) is 0 Å². The second kappa shape index (κ2) is 9.81. The summed E-state index contributed by atoms with van der Waals surface area (Å²) in [6.07, 6.45) is 4.66. The summed E-state index contributed by atoms with van der Waals surface area (Å²) in [5, 5.41) is 3.45. The monoisotopic (exact) mass is 218 g/mol. The fourth-order valence-corrected chi connectivity index (χ4v) is 1.76. The summed E-state index contributed by atoms with van der Waals surface area (Å²) in [6.45, 7) is 8.03. The van der Waals surface area contributed by atoms with E-state index in [0.717, 1.165) is 13.1 Å². The maximum Gasteiger partial charge on any atom is 0.00763 e. The van der Waals surface area contributed by atoms with E-state index in [9.17, 15) is 0 Å². The van der Waals surface area contributed by atoms with Gasteiger partial charge in [-0.2, -0.15) is 11.8 Å². The van der Waals surface area contributed by atoms with E-state index >= 15 is 0 Å². The molecule has 14 heavy (non-hydrogen) atoms. The topological polar surface area (TPSA) is 15.3 Å². The summed E-state index contributed by atoms with van der Waals surface area (Å²) in [5.41, 5.74) is 0. The zero-order valence-corrected chi connectivity index (χ0v) is 11.0. The summed E-state index contributed by atoms with van der Waals surface area (Å²) in [6, 6.07) is 0.700. The molecule has 3 heteroatoms. The van der Waals surface area contributed by atoms with E-state index in [1.807, 2.05) is 11.8 Å². The Hall–Kier alpha value is 0.270. The summed E-state index contributed by atoms with van der Waals surface area (Å²) in [7, 11) is 2.22. The summed E-state index contributed by atoms with van der Waals surface area (Å²) < 4.78 is 0. The van der Waals surface area contributed by atoms with E-state index in [-0.39, 0.29) is 0 Å². The smallest absolute Gasteiger partial charge is 0.00763 e. The van der Waals surface area contributed by atoms with Crippen molar-refractivity contribution in [3.8, 4) is 0 Å². The minimum absolute atomic E-state index is 0.700. The lowest BCUT2D eigenvalue weighted by Gasteiger charge is -2.24. The first-order valence-corrected chi connectivity index (χ1v) is 7.01. The van der Waals surface area contributed by atoms with Gasteiger partial charge in [0.1, 0.15) is 0 Å². The van der Waals surface area contributed by atoms with Gasteiger partial charge in [-0.05, 0) is 46.2 Å². The Morgan fingerprint density at radius 1 is 1.36 bits per heavy atom. The maximum absolute atomic E-state index is 3.45. The van der Waals surface area contributed by atoms with Crippen LogP contribution in [0.4, 0.5) is 0 Å². The van der Waals surface area contributed by atoms with Crippen LogP contribution in [-0.4, -0.2) is 49.6 Å². The predicted molar refractivity (Wildman–Crippen MR) is 68.3 cm³/mol. The van der Waals surface area contributed by atoms with E-state index in [0.29, 0.717) is 6.04 Å². The zero-order chi connectivity index (χ0) is 10.8. The molecule has 0 aliphatic rings. The van der Waals surface area contributed by atoms with Gasteiger partial charge in [0.15, 0.2) is 0 Å². The molecule has 0 bridgehead atoms. The van der Waals surface area contributed by atoms with Gasteiger partial charge in [0.25, 0.3) is 0 Å². The van der Waals surface area contributed by atoms with Crippen molar-refractivity contribution in [1.29, 1.82) is 0 Å². The second-order valence-electron chi connectivity index (χ2n) is 3.86. The average Bonchev–Trinajstić information content (AvgIpc) is 2.20. The summed E-state index contributed by atoms with van der Waals surface area (Å²) in [5.74, 6) is 1.24. The van der Waals surface area contributed by atoms with Crippen molar-refractivity contribution in [3.05, 3.63) is 0 Å². The highest BCUT2D eigenvalue weighted by Gasteiger charge is 2.07. The second-order valence-corrected chi connectivity index (χ2v) is 4.85. The molecule has 0 heterocycles. The van der Waals surface area contributed by atoms with Crippen molar-refractivity contribution < 1.29 is 0 Å². The van der Waals surface area contributed by atoms with Gasteiger partial charge >= 0.3 is 0 Å². The molecule has 1 atom stereocenters. The van der Waals surface area contributed by atoms with Crippen LogP contribution in [0.2, 0.25) is 0 Å². The average molecular weight is 218 g/mol. The van der Waals surface area contributed by atoms with Gasteiger partial charge in [0.2, 0.25) is 0 Å². The number of nitrogens with one attached hydrogen (secondary N) is 1. The Balaban J connectivity index is 3.36. The normalized spacial score (nSPS) is 13.5. The van der Waals surface area contributed by atoms with E-state index < -0.39 is 0 Å². The minimum atomic E-state index is 0.700. The predicted octanol–water partition coefficient (Wildman–Crippen LogP) is 2.06. The molecule has 0 aliphatic heterocycles. The minimum Gasteiger partial charge on any atom is -0.317 e. The first kappa shape index (κ1) is 14.3. The van der Waals surface area contributed by atoms with Gasteiger partial charge < -0.3 is 10.2 Å². The van der Waals surface area contributed by atoms with Crippen LogP contribution >= 0.6 is 11.8 Å². The molecule has 1 unspecified atom stereocenters. The highest BCUT2D eigenvalue weighted by Crippen LogP contribution is 2.02. The van der Waals surface area contributed by atoms with Crippen LogP contribution in [0.5, 0.6) is 0 Å². The molecule has 0 aromatic carbocycles. The third-order valence-corrected chi connectivity index (χ3v) is 3.16. The SMILES string of the molecule is CCCNCCC(C)N(C)CCSC. The molecule has 0 amide bonds. The lowest BCUT2D eigenvalue weighted by atomic mass is 10.2. The maximum atomic E-state index is 3.45. The van der Waals surface area contributed by atoms with Crippen molar-refractivity contribution in [2.24, 2.45) is 0 Å². The van der Waals surface area contributed by atoms with Crippen LogP contribution in [0.3, 0.4) is 0 Å². The van der Waals surface area contributed by atoms with Gasteiger partial charge in [-0.1, -0.05) is 6.92 Å². The van der Waals surface area contributed by atoms with Gasteiger partial charge in [0, 0.05) is 18.3 Å². The highest BCUT2D eigenvalue weighted by molar-refractivity contribution is 7.98. The molecule has 1 N–H and O–H groups in total. The number of nitrogens with zero attached hydrogens (tertiary/aromatic N) is 1. The molecule has 0 saturated heterocycles. The van der Waals surface area contributed by atoms with Crippen LogP contribution in [0.15, 0.2) is 0 Å². The Labute approximate surface area is 93.8 Å². The molecule has 0 rings (SSSR count). The molecule has 86 valence electrons. The molecule has 0 fully saturated rings. The third-order valence-electron chi connectivity index (χ3n) is 2.57. The first-order valence-electron chi connectivity index (χ1n) is 5.62. The standard InChI is InChI=1S/C11H26N2S/c1-5-7-12-8-6-11(2)13(3)9-10-14-4/h11-12H,5-10H2,1-4H3. The number of hydrogen-bond acceptors (Lipinski definition) is 3. The molecular weight excluding hydrogens is 192 g/mol.